The molecule has 1 aromatic rings. The van der Waals surface area contributed by atoms with Gasteiger partial charge in [0.2, 0.25) is 0 Å². The van der Waals surface area contributed by atoms with Gasteiger partial charge in [0, 0.05) is 5.69 Å². The second-order valence-electron chi connectivity index (χ2n) is 2.38. The fourth-order valence-corrected chi connectivity index (χ4v) is 0.797. The van der Waals surface area contributed by atoms with Crippen LogP contribution in [0.4, 0.5) is 0 Å². The Morgan fingerprint density at radius 1 is 1.50 bits per heavy atom. The van der Waals surface area contributed by atoms with E-state index in [1.807, 2.05) is 25.1 Å². The summed E-state index contributed by atoms with van der Waals surface area (Å²) in [5.74, 6) is 0. The van der Waals surface area contributed by atoms with E-state index in [0.717, 1.165) is 11.4 Å². The van der Waals surface area contributed by atoms with Gasteiger partial charge in [0.15, 0.2) is 0 Å². The molecular weight excluding hydrogens is 126 g/mol. The number of aliphatic hydroxyl groups is 1. The van der Waals surface area contributed by atoms with Gasteiger partial charge in [0.25, 0.3) is 0 Å². The van der Waals surface area contributed by atoms with Gasteiger partial charge in [-0.3, -0.25) is 4.98 Å². The zero-order valence-corrected chi connectivity index (χ0v) is 6.20. The van der Waals surface area contributed by atoms with Crippen LogP contribution in [0.5, 0.6) is 0 Å². The van der Waals surface area contributed by atoms with E-state index in [2.05, 4.69) is 4.98 Å². The van der Waals surface area contributed by atoms with Crippen molar-refractivity contribution in [1.82, 2.24) is 4.98 Å². The Morgan fingerprint density at radius 3 is 2.60 bits per heavy atom. The van der Waals surface area contributed by atoms with Crippen LogP contribution in [-0.4, -0.2) is 10.1 Å². The van der Waals surface area contributed by atoms with Crippen molar-refractivity contribution < 1.29 is 5.11 Å². The Labute approximate surface area is 60.5 Å². The minimum Gasteiger partial charge on any atom is -0.387 e. The highest BCUT2D eigenvalue weighted by Gasteiger charge is 1.99. The molecule has 0 spiro atoms. The highest BCUT2D eigenvalue weighted by atomic mass is 16.3. The Kier molecular flexibility index (Phi) is 2.02. The van der Waals surface area contributed by atoms with Crippen LogP contribution in [0, 0.1) is 6.92 Å². The number of aromatic nitrogens is 1. The summed E-state index contributed by atoms with van der Waals surface area (Å²) in [6.45, 7) is 3.62. The van der Waals surface area contributed by atoms with E-state index in [4.69, 9.17) is 5.11 Å². The van der Waals surface area contributed by atoms with E-state index in [1.165, 1.54) is 0 Å². The van der Waals surface area contributed by atoms with Crippen molar-refractivity contribution in [3.63, 3.8) is 0 Å². The molecule has 0 radical (unpaired) electrons. The van der Waals surface area contributed by atoms with Crippen LogP contribution in [0.2, 0.25) is 0 Å². The molecule has 1 aromatic heterocycles. The molecule has 0 amide bonds. The number of aryl methyl sites for hydroxylation is 1. The van der Waals surface area contributed by atoms with Crippen LogP contribution in [0.25, 0.3) is 0 Å². The van der Waals surface area contributed by atoms with Crippen molar-refractivity contribution in [3.8, 4) is 0 Å². The molecule has 1 N–H and O–H groups in total. The Bertz CT molecular complexity index is 220. The normalized spacial score (nSPS) is 13.1. The zero-order chi connectivity index (χ0) is 7.56. The van der Waals surface area contributed by atoms with E-state index in [0.29, 0.717) is 0 Å². The van der Waals surface area contributed by atoms with Crippen molar-refractivity contribution >= 4 is 0 Å². The molecule has 2 heteroatoms. The van der Waals surface area contributed by atoms with Crippen molar-refractivity contribution in [3.05, 3.63) is 29.6 Å². The van der Waals surface area contributed by atoms with E-state index < -0.39 is 6.10 Å². The Hall–Kier alpha value is -0.890. The summed E-state index contributed by atoms with van der Waals surface area (Å²) >= 11 is 0. The van der Waals surface area contributed by atoms with Crippen molar-refractivity contribution in [2.75, 3.05) is 0 Å². The van der Waals surface area contributed by atoms with E-state index >= 15 is 0 Å². The molecule has 0 saturated carbocycles. The lowest BCUT2D eigenvalue weighted by molar-refractivity contribution is 0.194. The third-order valence-corrected chi connectivity index (χ3v) is 1.34. The summed E-state index contributed by atoms with van der Waals surface area (Å²) in [7, 11) is 0. The standard InChI is InChI=1S/C8H11NO/c1-6-4-3-5-8(9-6)7(2)10/h3-5,7,10H,1-2H3. The topological polar surface area (TPSA) is 33.1 Å². The largest absolute Gasteiger partial charge is 0.387 e. The molecule has 0 aliphatic heterocycles. The average Bonchev–Trinajstić information content (AvgIpc) is 1.88. The molecular formula is C8H11NO. The number of hydrogen-bond acceptors (Lipinski definition) is 2. The zero-order valence-electron chi connectivity index (χ0n) is 6.20. The maximum atomic E-state index is 9.09. The summed E-state index contributed by atoms with van der Waals surface area (Å²) < 4.78 is 0. The second-order valence-corrected chi connectivity index (χ2v) is 2.38. The lowest BCUT2D eigenvalue weighted by Crippen LogP contribution is -1.95. The second kappa shape index (κ2) is 2.80. The molecule has 0 aliphatic rings. The molecule has 10 heavy (non-hydrogen) atoms. The molecule has 1 unspecified atom stereocenters. The van der Waals surface area contributed by atoms with Crippen molar-refractivity contribution in [1.29, 1.82) is 0 Å². The molecule has 0 bridgehead atoms. The predicted molar refractivity (Wildman–Crippen MR) is 39.6 cm³/mol. The third kappa shape index (κ3) is 1.54. The van der Waals surface area contributed by atoms with Crippen LogP contribution in [-0.2, 0) is 0 Å². The van der Waals surface area contributed by atoms with Gasteiger partial charge in [0.05, 0.1) is 11.8 Å². The third-order valence-electron chi connectivity index (χ3n) is 1.34. The summed E-state index contributed by atoms with van der Waals surface area (Å²) in [4.78, 5) is 4.12. The highest BCUT2D eigenvalue weighted by molar-refractivity contribution is 5.11. The summed E-state index contributed by atoms with van der Waals surface area (Å²) in [6, 6.07) is 5.62. The minimum absolute atomic E-state index is 0.458. The van der Waals surface area contributed by atoms with E-state index in [-0.39, 0.29) is 0 Å². The molecule has 0 aromatic carbocycles. The van der Waals surface area contributed by atoms with Gasteiger partial charge < -0.3 is 5.11 Å². The van der Waals surface area contributed by atoms with Gasteiger partial charge in [-0.05, 0) is 26.0 Å². The molecule has 2 nitrogen and oxygen atoms in total. The maximum Gasteiger partial charge on any atom is 0.0931 e. The molecule has 1 heterocycles. The van der Waals surface area contributed by atoms with Crippen molar-refractivity contribution in [2.45, 2.75) is 20.0 Å². The minimum atomic E-state index is -0.458. The van der Waals surface area contributed by atoms with E-state index in [9.17, 15) is 0 Å². The summed E-state index contributed by atoms with van der Waals surface area (Å²) in [5, 5.41) is 9.09. The predicted octanol–water partition coefficient (Wildman–Crippen LogP) is 1.44. The lowest BCUT2D eigenvalue weighted by Gasteiger charge is -2.02. The molecule has 0 saturated heterocycles. The first-order valence-corrected chi connectivity index (χ1v) is 3.32. The first-order valence-electron chi connectivity index (χ1n) is 3.32. The van der Waals surface area contributed by atoms with Gasteiger partial charge in [-0.15, -0.1) is 0 Å². The average molecular weight is 137 g/mol. The maximum absolute atomic E-state index is 9.09. The van der Waals surface area contributed by atoms with Crippen LogP contribution >= 0.6 is 0 Å². The number of hydrogen-bond donors (Lipinski definition) is 1. The molecule has 0 fully saturated rings. The quantitative estimate of drug-likeness (QED) is 0.635. The molecule has 54 valence electrons. The van der Waals surface area contributed by atoms with Crippen LogP contribution in [0.3, 0.4) is 0 Å². The SMILES string of the molecule is Cc1cccc(C(C)O)n1. The van der Waals surface area contributed by atoms with Crippen LogP contribution in [0.1, 0.15) is 24.4 Å². The number of nitrogens with zero attached hydrogens (tertiary/aromatic N) is 1. The molecule has 0 aliphatic carbocycles. The molecule has 1 atom stereocenters. The van der Waals surface area contributed by atoms with Crippen LogP contribution in [0.15, 0.2) is 18.2 Å². The number of rotatable bonds is 1. The van der Waals surface area contributed by atoms with Gasteiger partial charge in [-0.1, -0.05) is 6.07 Å². The Balaban J connectivity index is 2.96. The number of aliphatic hydroxyl groups excluding tert-OH is 1. The van der Waals surface area contributed by atoms with E-state index in [1.54, 1.807) is 6.92 Å². The molecule has 1 rings (SSSR count). The summed E-state index contributed by atoms with van der Waals surface area (Å²) in [5.41, 5.74) is 1.68. The fourth-order valence-electron chi connectivity index (χ4n) is 0.797. The first-order chi connectivity index (χ1) is 4.70. The van der Waals surface area contributed by atoms with Gasteiger partial charge in [-0.2, -0.15) is 0 Å². The van der Waals surface area contributed by atoms with Gasteiger partial charge in [-0.25, -0.2) is 0 Å². The fraction of sp³-hybridized carbons (Fsp3) is 0.375. The number of pyridine rings is 1. The van der Waals surface area contributed by atoms with Gasteiger partial charge in [0.1, 0.15) is 0 Å². The van der Waals surface area contributed by atoms with Gasteiger partial charge >= 0.3 is 0 Å². The monoisotopic (exact) mass is 137 g/mol. The summed E-state index contributed by atoms with van der Waals surface area (Å²) in [6.07, 6.45) is -0.458. The van der Waals surface area contributed by atoms with Crippen LogP contribution < -0.4 is 0 Å². The lowest BCUT2D eigenvalue weighted by atomic mass is 10.2. The van der Waals surface area contributed by atoms with Crippen molar-refractivity contribution in [2.24, 2.45) is 0 Å². The Morgan fingerprint density at radius 2 is 2.20 bits per heavy atom. The first kappa shape index (κ1) is 7.22. The smallest absolute Gasteiger partial charge is 0.0931 e. The highest BCUT2D eigenvalue weighted by Crippen LogP contribution is 2.07.